The smallest absolute Gasteiger partial charge is 0.306 e. The van der Waals surface area contributed by atoms with Gasteiger partial charge in [0, 0.05) is 25.5 Å². The zero-order valence-corrected chi connectivity index (χ0v) is 12.1. The first-order valence-electron chi connectivity index (χ1n) is 7.06. The molecule has 0 spiro atoms. The summed E-state index contributed by atoms with van der Waals surface area (Å²) in [5.41, 5.74) is 0. The number of rotatable bonds is 3. The van der Waals surface area contributed by atoms with E-state index in [0.29, 0.717) is 31.8 Å². The van der Waals surface area contributed by atoms with Crippen LogP contribution in [0.2, 0.25) is 0 Å². The molecule has 2 aromatic rings. The number of hydrogen-bond acceptors (Lipinski definition) is 5. The van der Waals surface area contributed by atoms with Crippen molar-refractivity contribution >= 4 is 11.8 Å². The van der Waals surface area contributed by atoms with E-state index in [4.69, 9.17) is 5.11 Å². The van der Waals surface area contributed by atoms with Crippen molar-refractivity contribution in [3.05, 3.63) is 30.4 Å². The van der Waals surface area contributed by atoms with Crippen LogP contribution < -0.4 is 4.90 Å². The van der Waals surface area contributed by atoms with Gasteiger partial charge in [-0.15, -0.1) is 0 Å². The number of nitrogens with zero attached hydrogens (tertiary/aromatic N) is 5. The van der Waals surface area contributed by atoms with Gasteiger partial charge in [0.15, 0.2) is 11.6 Å². The number of carboxylic acids is 1. The van der Waals surface area contributed by atoms with Crippen LogP contribution in [-0.4, -0.2) is 43.7 Å². The fraction of sp³-hybridized carbons (Fsp3) is 0.429. The third-order valence-electron chi connectivity index (χ3n) is 3.95. The van der Waals surface area contributed by atoms with Crippen molar-refractivity contribution in [1.29, 1.82) is 0 Å². The van der Waals surface area contributed by atoms with E-state index in [1.807, 2.05) is 0 Å². The van der Waals surface area contributed by atoms with E-state index in [-0.39, 0.29) is 17.6 Å². The molecule has 0 aliphatic carbocycles. The molecule has 1 aliphatic heterocycles. The predicted octanol–water partition coefficient (Wildman–Crippen LogP) is 1.41. The minimum atomic E-state index is -0.794. The molecule has 0 unspecified atom stereocenters. The Morgan fingerprint density at radius 1 is 1.27 bits per heavy atom. The molecule has 8 heteroatoms. The lowest BCUT2D eigenvalue weighted by molar-refractivity contribution is -0.142. The Morgan fingerprint density at radius 3 is 2.55 bits per heavy atom. The number of halogens is 1. The first-order chi connectivity index (χ1) is 10.6. The Morgan fingerprint density at radius 2 is 1.95 bits per heavy atom. The highest BCUT2D eigenvalue weighted by Crippen LogP contribution is 2.26. The lowest BCUT2D eigenvalue weighted by atomic mass is 9.97. The summed E-state index contributed by atoms with van der Waals surface area (Å²) in [5.74, 6) is -0.679. The van der Waals surface area contributed by atoms with Gasteiger partial charge in [-0.1, -0.05) is 0 Å². The predicted molar refractivity (Wildman–Crippen MR) is 76.4 cm³/mol. The summed E-state index contributed by atoms with van der Waals surface area (Å²) >= 11 is 0. The molecule has 1 N–H and O–H groups in total. The van der Waals surface area contributed by atoms with Gasteiger partial charge in [0.1, 0.15) is 12.2 Å². The molecule has 0 aromatic carbocycles. The maximum atomic E-state index is 14.7. The summed E-state index contributed by atoms with van der Waals surface area (Å²) in [6, 6.07) is 0. The average Bonchev–Trinajstić information content (AvgIpc) is 2.94. The Hall–Kier alpha value is -2.51. The third-order valence-corrected chi connectivity index (χ3v) is 3.95. The van der Waals surface area contributed by atoms with Crippen molar-refractivity contribution in [1.82, 2.24) is 19.5 Å². The second-order valence-electron chi connectivity index (χ2n) is 5.28. The van der Waals surface area contributed by atoms with Gasteiger partial charge < -0.3 is 10.0 Å². The van der Waals surface area contributed by atoms with E-state index in [1.165, 1.54) is 6.33 Å². The molecule has 2 aromatic heterocycles. The highest BCUT2D eigenvalue weighted by molar-refractivity contribution is 5.70. The van der Waals surface area contributed by atoms with Crippen molar-refractivity contribution in [2.45, 2.75) is 19.8 Å². The van der Waals surface area contributed by atoms with E-state index in [0.717, 1.165) is 0 Å². The minimum Gasteiger partial charge on any atom is -0.481 e. The SMILES string of the molecule is Cc1nccn1-c1ncnc(N2CCC(C(=O)O)CC2)c1F. The molecule has 3 rings (SSSR count). The molecule has 3 heterocycles. The first-order valence-corrected chi connectivity index (χ1v) is 7.06. The second kappa shape index (κ2) is 5.70. The van der Waals surface area contributed by atoms with Crippen molar-refractivity contribution in [3.63, 3.8) is 0 Å². The number of aryl methyl sites for hydroxylation is 1. The standard InChI is InChI=1S/C14H16FN5O2/c1-9-16-4-7-20(9)13-11(15)12(17-8-18-13)19-5-2-10(3-6-19)14(21)22/h4,7-8,10H,2-3,5-6H2,1H3,(H,21,22). The quantitative estimate of drug-likeness (QED) is 0.923. The molecule has 116 valence electrons. The zero-order chi connectivity index (χ0) is 15.7. The lowest BCUT2D eigenvalue weighted by Crippen LogP contribution is -2.37. The van der Waals surface area contributed by atoms with Gasteiger partial charge in [0.25, 0.3) is 0 Å². The molecule has 7 nitrogen and oxygen atoms in total. The topological polar surface area (TPSA) is 84.1 Å². The van der Waals surface area contributed by atoms with Gasteiger partial charge in [0.05, 0.1) is 5.92 Å². The molecule has 1 fully saturated rings. The first kappa shape index (κ1) is 14.4. The van der Waals surface area contributed by atoms with E-state index in [1.54, 1.807) is 28.8 Å². The van der Waals surface area contributed by atoms with E-state index in [2.05, 4.69) is 15.0 Å². The largest absolute Gasteiger partial charge is 0.481 e. The van der Waals surface area contributed by atoms with E-state index < -0.39 is 11.8 Å². The fourth-order valence-electron chi connectivity index (χ4n) is 2.68. The number of hydrogen-bond donors (Lipinski definition) is 1. The molecule has 1 saturated heterocycles. The van der Waals surface area contributed by atoms with Gasteiger partial charge in [-0.3, -0.25) is 9.36 Å². The van der Waals surface area contributed by atoms with Gasteiger partial charge in [0.2, 0.25) is 5.82 Å². The van der Waals surface area contributed by atoms with Gasteiger partial charge in [-0.25, -0.2) is 15.0 Å². The summed E-state index contributed by atoms with van der Waals surface area (Å²) in [6.45, 7) is 2.69. The normalized spacial score (nSPS) is 16.0. The average molecular weight is 305 g/mol. The van der Waals surface area contributed by atoms with Crippen LogP contribution in [0.15, 0.2) is 18.7 Å². The lowest BCUT2D eigenvalue weighted by Gasteiger charge is -2.31. The van der Waals surface area contributed by atoms with Crippen molar-refractivity contribution < 1.29 is 14.3 Å². The molecule has 0 atom stereocenters. The third kappa shape index (κ3) is 2.51. The van der Waals surface area contributed by atoms with Gasteiger partial charge >= 0.3 is 5.97 Å². The number of anilines is 1. The summed E-state index contributed by atoms with van der Waals surface area (Å²) < 4.78 is 16.3. The number of carboxylic acid groups (broad SMARTS) is 1. The summed E-state index contributed by atoms with van der Waals surface area (Å²) in [4.78, 5) is 24.8. The summed E-state index contributed by atoms with van der Waals surface area (Å²) in [6.07, 6.45) is 5.50. The molecule has 22 heavy (non-hydrogen) atoms. The Bertz CT molecular complexity index is 694. The van der Waals surface area contributed by atoms with Crippen molar-refractivity contribution in [2.24, 2.45) is 5.92 Å². The van der Waals surface area contributed by atoms with Crippen LogP contribution in [0.5, 0.6) is 0 Å². The monoisotopic (exact) mass is 305 g/mol. The fourth-order valence-corrected chi connectivity index (χ4v) is 2.68. The number of aromatic nitrogens is 4. The van der Waals surface area contributed by atoms with E-state index in [9.17, 15) is 9.18 Å². The van der Waals surface area contributed by atoms with Crippen LogP contribution in [0.4, 0.5) is 10.2 Å². The van der Waals surface area contributed by atoms with Crippen molar-refractivity contribution in [2.75, 3.05) is 18.0 Å². The van der Waals surface area contributed by atoms with E-state index >= 15 is 0 Å². The minimum absolute atomic E-state index is 0.153. The van der Waals surface area contributed by atoms with Gasteiger partial charge in [-0.2, -0.15) is 4.39 Å². The Kier molecular flexibility index (Phi) is 3.74. The number of piperidine rings is 1. The zero-order valence-electron chi connectivity index (χ0n) is 12.1. The summed E-state index contributed by atoms with van der Waals surface area (Å²) in [7, 11) is 0. The maximum Gasteiger partial charge on any atom is 0.306 e. The maximum absolute atomic E-state index is 14.7. The molecule has 1 aliphatic rings. The molecule has 0 amide bonds. The van der Waals surface area contributed by atoms with Crippen LogP contribution in [0, 0.1) is 18.7 Å². The summed E-state index contributed by atoms with van der Waals surface area (Å²) in [5, 5.41) is 9.02. The number of carbonyl (C=O) groups is 1. The van der Waals surface area contributed by atoms with Crippen LogP contribution in [0.25, 0.3) is 5.82 Å². The van der Waals surface area contributed by atoms with Crippen LogP contribution in [-0.2, 0) is 4.79 Å². The Balaban J connectivity index is 1.87. The highest BCUT2D eigenvalue weighted by atomic mass is 19.1. The molecule has 0 radical (unpaired) electrons. The Labute approximate surface area is 126 Å². The highest BCUT2D eigenvalue weighted by Gasteiger charge is 2.27. The molecular weight excluding hydrogens is 289 g/mol. The number of aliphatic carboxylic acids is 1. The van der Waals surface area contributed by atoms with Crippen LogP contribution >= 0.6 is 0 Å². The molecule has 0 saturated carbocycles. The molecule has 0 bridgehead atoms. The molecular formula is C14H16FN5O2. The second-order valence-corrected chi connectivity index (χ2v) is 5.28. The van der Waals surface area contributed by atoms with Gasteiger partial charge in [-0.05, 0) is 19.8 Å². The van der Waals surface area contributed by atoms with Crippen molar-refractivity contribution in [3.8, 4) is 5.82 Å². The number of imidazole rings is 1. The van der Waals surface area contributed by atoms with Crippen LogP contribution in [0.3, 0.4) is 0 Å². The van der Waals surface area contributed by atoms with Crippen LogP contribution in [0.1, 0.15) is 18.7 Å².